The maximum absolute atomic E-state index is 13.9. The highest BCUT2D eigenvalue weighted by Gasteiger charge is 2.43. The number of carbonyl (C=O) groups excluding carboxylic acids is 1. The molecular formula is C18H14F2N4O. The third-order valence-corrected chi connectivity index (χ3v) is 4.91. The van der Waals surface area contributed by atoms with Gasteiger partial charge in [-0.05, 0) is 49.1 Å². The number of rotatable bonds is 1. The fraction of sp³-hybridized carbons (Fsp3) is 0.278. The Kier molecular flexibility index (Phi) is 3.61. The molecule has 0 unspecified atom stereocenters. The molecule has 4 rings (SSSR count). The van der Waals surface area contributed by atoms with Gasteiger partial charge in [0.2, 0.25) is 5.95 Å². The number of hydrogen-bond donors (Lipinski definition) is 1. The van der Waals surface area contributed by atoms with Gasteiger partial charge in [0.1, 0.15) is 11.9 Å². The Bertz CT molecular complexity index is 908. The number of urea groups is 1. The van der Waals surface area contributed by atoms with Crippen LogP contribution in [0.3, 0.4) is 0 Å². The number of fused-ring (bicyclic) bond motifs is 4. The summed E-state index contributed by atoms with van der Waals surface area (Å²) in [4.78, 5) is 18.2. The molecule has 2 amide bonds. The van der Waals surface area contributed by atoms with Gasteiger partial charge in [0.25, 0.3) is 0 Å². The van der Waals surface area contributed by atoms with Gasteiger partial charge in [-0.3, -0.25) is 0 Å². The number of nitriles is 1. The van der Waals surface area contributed by atoms with Gasteiger partial charge < -0.3 is 10.2 Å². The van der Waals surface area contributed by atoms with Crippen molar-refractivity contribution in [1.29, 1.82) is 5.26 Å². The number of halogens is 2. The lowest BCUT2D eigenvalue weighted by atomic mass is 9.95. The molecule has 2 aromatic rings. The highest BCUT2D eigenvalue weighted by atomic mass is 19.1. The summed E-state index contributed by atoms with van der Waals surface area (Å²) in [6.45, 7) is 0. The largest absolute Gasteiger partial charge is 0.322 e. The quantitative estimate of drug-likeness (QED) is 0.808. The molecule has 3 heterocycles. The summed E-state index contributed by atoms with van der Waals surface area (Å²) < 4.78 is 27.4. The Morgan fingerprint density at radius 2 is 2.16 bits per heavy atom. The van der Waals surface area contributed by atoms with Crippen molar-refractivity contribution in [2.24, 2.45) is 0 Å². The lowest BCUT2D eigenvalue weighted by Crippen LogP contribution is -2.44. The molecule has 0 aliphatic carbocycles. The van der Waals surface area contributed by atoms with E-state index in [1.807, 2.05) is 0 Å². The Hall–Kier alpha value is -3.01. The monoisotopic (exact) mass is 340 g/mol. The van der Waals surface area contributed by atoms with E-state index in [1.54, 1.807) is 17.0 Å². The molecule has 126 valence electrons. The van der Waals surface area contributed by atoms with Crippen LogP contribution in [-0.4, -0.2) is 22.0 Å². The van der Waals surface area contributed by atoms with E-state index >= 15 is 0 Å². The van der Waals surface area contributed by atoms with Gasteiger partial charge in [-0.15, -0.1) is 0 Å². The number of benzene rings is 1. The maximum Gasteiger partial charge on any atom is 0.322 e. The second kappa shape index (κ2) is 5.81. The SMILES string of the molecule is N#Cc1cc(NC(=O)N2[C@H]3CC[C@@H]2c2ccnc(F)c2C3)ccc1F. The van der Waals surface area contributed by atoms with Gasteiger partial charge in [0.15, 0.2) is 0 Å². The van der Waals surface area contributed by atoms with Crippen molar-refractivity contribution in [1.82, 2.24) is 9.88 Å². The van der Waals surface area contributed by atoms with E-state index in [9.17, 15) is 13.6 Å². The van der Waals surface area contributed by atoms with Crippen molar-refractivity contribution in [2.45, 2.75) is 31.3 Å². The molecule has 25 heavy (non-hydrogen) atoms. The van der Waals surface area contributed by atoms with Crippen molar-refractivity contribution < 1.29 is 13.6 Å². The lowest BCUT2D eigenvalue weighted by molar-refractivity contribution is 0.178. The number of pyridine rings is 1. The molecule has 0 spiro atoms. The Morgan fingerprint density at radius 3 is 2.96 bits per heavy atom. The zero-order chi connectivity index (χ0) is 17.6. The number of hydrogen-bond acceptors (Lipinski definition) is 3. The minimum Gasteiger partial charge on any atom is -0.314 e. The van der Waals surface area contributed by atoms with Gasteiger partial charge in [-0.1, -0.05) is 0 Å². The van der Waals surface area contributed by atoms with Crippen LogP contribution in [0.1, 0.15) is 35.6 Å². The normalized spacial score (nSPS) is 20.8. The van der Waals surface area contributed by atoms with Gasteiger partial charge in [0, 0.05) is 23.5 Å². The number of anilines is 1. The van der Waals surface area contributed by atoms with Gasteiger partial charge in [-0.2, -0.15) is 9.65 Å². The molecule has 2 aliphatic rings. The van der Waals surface area contributed by atoms with Crippen molar-refractivity contribution in [2.75, 3.05) is 5.32 Å². The molecule has 1 aromatic heterocycles. The van der Waals surface area contributed by atoms with E-state index in [4.69, 9.17) is 5.26 Å². The number of nitrogens with one attached hydrogen (secondary N) is 1. The zero-order valence-electron chi connectivity index (χ0n) is 13.2. The third kappa shape index (κ3) is 2.50. The van der Waals surface area contributed by atoms with Gasteiger partial charge in [-0.25, -0.2) is 14.2 Å². The Morgan fingerprint density at radius 1 is 1.32 bits per heavy atom. The minimum absolute atomic E-state index is 0.0907. The van der Waals surface area contributed by atoms with Crippen LogP contribution in [0.4, 0.5) is 19.3 Å². The maximum atomic E-state index is 13.9. The van der Waals surface area contributed by atoms with E-state index in [1.165, 1.54) is 18.3 Å². The average Bonchev–Trinajstić information content (AvgIpc) is 2.93. The first kappa shape index (κ1) is 15.5. The molecule has 0 saturated carbocycles. The van der Waals surface area contributed by atoms with Crippen LogP contribution in [0, 0.1) is 23.1 Å². The molecule has 0 radical (unpaired) electrons. The second-order valence-electron chi connectivity index (χ2n) is 6.26. The van der Waals surface area contributed by atoms with Crippen LogP contribution in [0.25, 0.3) is 0 Å². The molecule has 1 aromatic carbocycles. The van der Waals surface area contributed by atoms with Crippen LogP contribution in [0.15, 0.2) is 30.5 Å². The molecule has 1 saturated heterocycles. The molecular weight excluding hydrogens is 326 g/mol. The van der Waals surface area contributed by atoms with Crippen molar-refractivity contribution in [3.8, 4) is 6.07 Å². The van der Waals surface area contributed by atoms with E-state index in [0.717, 1.165) is 24.5 Å². The number of amides is 2. The van der Waals surface area contributed by atoms with E-state index in [-0.39, 0.29) is 23.7 Å². The second-order valence-corrected chi connectivity index (χ2v) is 6.26. The third-order valence-electron chi connectivity index (χ3n) is 4.91. The topological polar surface area (TPSA) is 69.0 Å². The van der Waals surface area contributed by atoms with Crippen molar-refractivity contribution in [3.05, 3.63) is 58.9 Å². The predicted molar refractivity (Wildman–Crippen MR) is 85.6 cm³/mol. The summed E-state index contributed by atoms with van der Waals surface area (Å²) in [5.74, 6) is -1.10. The van der Waals surface area contributed by atoms with Crippen molar-refractivity contribution in [3.63, 3.8) is 0 Å². The van der Waals surface area contributed by atoms with E-state index in [2.05, 4.69) is 10.3 Å². The summed E-state index contributed by atoms with van der Waals surface area (Å²) in [6, 6.07) is 6.76. The van der Waals surface area contributed by atoms with E-state index < -0.39 is 11.8 Å². The minimum atomic E-state index is -0.629. The fourth-order valence-electron chi connectivity index (χ4n) is 3.80. The van der Waals surface area contributed by atoms with Crippen LogP contribution >= 0.6 is 0 Å². The predicted octanol–water partition coefficient (Wildman–Crippen LogP) is 3.53. The Balaban J connectivity index is 1.61. The first-order chi connectivity index (χ1) is 12.1. The van der Waals surface area contributed by atoms with Gasteiger partial charge in [0.05, 0.1) is 11.6 Å². The first-order valence-electron chi connectivity index (χ1n) is 8.00. The lowest BCUT2D eigenvalue weighted by Gasteiger charge is -2.36. The summed E-state index contributed by atoms with van der Waals surface area (Å²) in [7, 11) is 0. The average molecular weight is 340 g/mol. The fourth-order valence-corrected chi connectivity index (χ4v) is 3.80. The highest BCUT2D eigenvalue weighted by molar-refractivity contribution is 5.90. The summed E-state index contributed by atoms with van der Waals surface area (Å²) in [6.07, 6.45) is 3.41. The molecule has 7 heteroatoms. The highest BCUT2D eigenvalue weighted by Crippen LogP contribution is 2.44. The van der Waals surface area contributed by atoms with Crippen LogP contribution in [0.5, 0.6) is 0 Å². The van der Waals surface area contributed by atoms with Crippen LogP contribution in [0.2, 0.25) is 0 Å². The van der Waals surface area contributed by atoms with Crippen LogP contribution < -0.4 is 5.32 Å². The number of aromatic nitrogens is 1. The number of nitrogens with zero attached hydrogens (tertiary/aromatic N) is 3. The molecule has 1 fully saturated rings. The molecule has 2 bridgehead atoms. The first-order valence-corrected chi connectivity index (χ1v) is 8.00. The molecule has 2 aliphatic heterocycles. The number of carbonyl (C=O) groups is 1. The molecule has 5 nitrogen and oxygen atoms in total. The smallest absolute Gasteiger partial charge is 0.314 e. The van der Waals surface area contributed by atoms with Crippen molar-refractivity contribution >= 4 is 11.7 Å². The Labute approximate surface area is 142 Å². The molecule has 2 atom stereocenters. The van der Waals surface area contributed by atoms with Gasteiger partial charge >= 0.3 is 6.03 Å². The summed E-state index contributed by atoms with van der Waals surface area (Å²) in [5.41, 5.74) is 1.62. The van der Waals surface area contributed by atoms with E-state index in [0.29, 0.717) is 17.7 Å². The summed E-state index contributed by atoms with van der Waals surface area (Å²) in [5, 5.41) is 11.6. The zero-order valence-corrected chi connectivity index (χ0v) is 13.2. The van der Waals surface area contributed by atoms with Crippen LogP contribution in [-0.2, 0) is 6.42 Å². The molecule has 1 N–H and O–H groups in total. The summed E-state index contributed by atoms with van der Waals surface area (Å²) >= 11 is 0. The standard InChI is InChI=1S/C18H14F2N4O/c19-15-3-1-11(7-10(15)9-21)23-18(25)24-12-2-4-16(24)13-5-6-22-17(20)14(13)8-12/h1,3,5-7,12,16H,2,4,8H2,(H,23,25)/t12-,16+/m0/s1.